The summed E-state index contributed by atoms with van der Waals surface area (Å²) in [6.45, 7) is 1.99. The number of nitrogens with one attached hydrogen (secondary N) is 1. The fourth-order valence-corrected chi connectivity index (χ4v) is 3.03. The molecule has 2 amide bonds. The first-order valence-electron chi connectivity index (χ1n) is 6.84. The van der Waals surface area contributed by atoms with Gasteiger partial charge in [0, 0.05) is 37.5 Å². The number of rotatable bonds is 5. The molecular formula is C13H20N4O3S. The monoisotopic (exact) mass is 312 g/mol. The lowest BCUT2D eigenvalue weighted by Gasteiger charge is -2.20. The van der Waals surface area contributed by atoms with Crippen molar-refractivity contribution < 1.29 is 14.7 Å². The maximum absolute atomic E-state index is 12.0. The summed E-state index contributed by atoms with van der Waals surface area (Å²) < 4.78 is 0. The number of aromatic carboxylic acids is 1. The average molecular weight is 312 g/mol. The molecule has 21 heavy (non-hydrogen) atoms. The normalized spacial score (nSPS) is 18.2. The molecule has 1 atom stereocenters. The van der Waals surface area contributed by atoms with Gasteiger partial charge in [-0.3, -0.25) is 0 Å². The molecule has 1 fully saturated rings. The number of nitrogens with zero attached hydrogens (tertiary/aromatic N) is 3. The molecule has 1 saturated heterocycles. The first-order valence-corrected chi connectivity index (χ1v) is 7.72. The molecule has 0 aromatic carbocycles. The van der Waals surface area contributed by atoms with Crippen molar-refractivity contribution in [2.24, 2.45) is 0 Å². The highest BCUT2D eigenvalue weighted by molar-refractivity contribution is 7.09. The van der Waals surface area contributed by atoms with Crippen molar-refractivity contribution in [2.45, 2.75) is 18.9 Å². The molecule has 0 spiro atoms. The molecular weight excluding hydrogens is 292 g/mol. The summed E-state index contributed by atoms with van der Waals surface area (Å²) in [7, 11) is 4.04. The van der Waals surface area contributed by atoms with Gasteiger partial charge in [-0.05, 0) is 20.5 Å². The first-order chi connectivity index (χ1) is 9.97. The fourth-order valence-electron chi connectivity index (χ4n) is 2.26. The number of carboxylic acids is 1. The predicted molar refractivity (Wildman–Crippen MR) is 79.8 cm³/mol. The van der Waals surface area contributed by atoms with E-state index < -0.39 is 5.97 Å². The third kappa shape index (κ3) is 4.15. The molecule has 1 aromatic rings. The molecule has 2 rings (SSSR count). The highest BCUT2D eigenvalue weighted by Gasteiger charge is 2.27. The standard InChI is InChI=1S/C13H20N4O3S/c1-16(2)9-4-6-17(7-9)13(20)14-5-3-11-15-10(8-21-11)12(18)19/h8-9H,3-7H2,1-2H3,(H,14,20)(H,18,19). The Labute approximate surface area is 127 Å². The van der Waals surface area contributed by atoms with Crippen molar-refractivity contribution in [1.82, 2.24) is 20.1 Å². The van der Waals surface area contributed by atoms with E-state index in [4.69, 9.17) is 5.11 Å². The van der Waals surface area contributed by atoms with E-state index in [9.17, 15) is 9.59 Å². The molecule has 2 heterocycles. The largest absolute Gasteiger partial charge is 0.476 e. The first kappa shape index (κ1) is 15.7. The Balaban J connectivity index is 1.73. The van der Waals surface area contributed by atoms with Gasteiger partial charge in [0.25, 0.3) is 0 Å². The minimum atomic E-state index is -1.02. The Morgan fingerprint density at radius 1 is 1.57 bits per heavy atom. The molecule has 8 heteroatoms. The second-order valence-electron chi connectivity index (χ2n) is 5.27. The number of aromatic nitrogens is 1. The van der Waals surface area contributed by atoms with Gasteiger partial charge in [-0.1, -0.05) is 0 Å². The number of thiazole rings is 1. The van der Waals surface area contributed by atoms with Gasteiger partial charge in [0.2, 0.25) is 0 Å². The van der Waals surface area contributed by atoms with Crippen molar-refractivity contribution >= 4 is 23.3 Å². The van der Waals surface area contributed by atoms with Crippen molar-refractivity contribution in [2.75, 3.05) is 33.7 Å². The Bertz CT molecular complexity index is 517. The maximum Gasteiger partial charge on any atom is 0.355 e. The zero-order chi connectivity index (χ0) is 15.4. The Hall–Kier alpha value is -1.67. The molecule has 1 aliphatic rings. The van der Waals surface area contributed by atoms with Gasteiger partial charge in [0.05, 0.1) is 5.01 Å². The van der Waals surface area contributed by atoms with Crippen LogP contribution in [0.1, 0.15) is 21.9 Å². The van der Waals surface area contributed by atoms with E-state index in [0.29, 0.717) is 19.0 Å². The van der Waals surface area contributed by atoms with Crippen molar-refractivity contribution in [3.05, 3.63) is 16.1 Å². The zero-order valence-electron chi connectivity index (χ0n) is 12.2. The highest BCUT2D eigenvalue weighted by Crippen LogP contribution is 2.13. The number of urea groups is 1. The summed E-state index contributed by atoms with van der Waals surface area (Å²) in [6.07, 6.45) is 1.55. The third-order valence-corrected chi connectivity index (χ3v) is 4.48. The maximum atomic E-state index is 12.0. The molecule has 1 unspecified atom stereocenters. The third-order valence-electron chi connectivity index (χ3n) is 3.57. The number of likely N-dealkylation sites (N-methyl/N-ethyl adjacent to an activating group) is 1. The van der Waals surface area contributed by atoms with Crippen molar-refractivity contribution in [3.63, 3.8) is 0 Å². The van der Waals surface area contributed by atoms with Gasteiger partial charge in [-0.25, -0.2) is 14.6 Å². The smallest absolute Gasteiger partial charge is 0.355 e. The molecule has 1 aromatic heterocycles. The van der Waals surface area contributed by atoms with Crippen LogP contribution in [0, 0.1) is 0 Å². The van der Waals surface area contributed by atoms with Crippen LogP contribution in [-0.2, 0) is 6.42 Å². The van der Waals surface area contributed by atoms with Crippen LogP contribution < -0.4 is 5.32 Å². The lowest BCUT2D eigenvalue weighted by molar-refractivity contribution is 0.0691. The number of likely N-dealkylation sites (tertiary alicyclic amines) is 1. The SMILES string of the molecule is CN(C)C1CCN(C(=O)NCCc2nc(C(=O)O)cs2)C1. The van der Waals surface area contributed by atoms with Gasteiger partial charge < -0.3 is 20.2 Å². The topological polar surface area (TPSA) is 85.8 Å². The van der Waals surface area contributed by atoms with Crippen molar-refractivity contribution in [3.8, 4) is 0 Å². The average Bonchev–Trinajstić information content (AvgIpc) is 3.07. The van der Waals surface area contributed by atoms with Crippen LogP contribution in [0.5, 0.6) is 0 Å². The Morgan fingerprint density at radius 2 is 2.33 bits per heavy atom. The molecule has 116 valence electrons. The van der Waals surface area contributed by atoms with Crippen LogP contribution in [0.15, 0.2) is 5.38 Å². The fraction of sp³-hybridized carbons (Fsp3) is 0.615. The van der Waals surface area contributed by atoms with E-state index in [-0.39, 0.29) is 11.7 Å². The number of carboxylic acid groups (broad SMARTS) is 1. The molecule has 0 aliphatic carbocycles. The summed E-state index contributed by atoms with van der Waals surface area (Å²) in [5, 5.41) is 13.9. The molecule has 0 radical (unpaired) electrons. The molecule has 0 bridgehead atoms. The number of carbonyl (C=O) groups excluding carboxylic acids is 1. The lowest BCUT2D eigenvalue weighted by atomic mass is 10.2. The van der Waals surface area contributed by atoms with Crippen LogP contribution in [-0.4, -0.2) is 71.7 Å². The van der Waals surface area contributed by atoms with E-state index in [1.165, 1.54) is 16.7 Å². The van der Waals surface area contributed by atoms with Gasteiger partial charge in [-0.2, -0.15) is 0 Å². The van der Waals surface area contributed by atoms with E-state index in [0.717, 1.165) is 24.5 Å². The summed E-state index contributed by atoms with van der Waals surface area (Å²) in [4.78, 5) is 30.7. The van der Waals surface area contributed by atoms with Gasteiger partial charge in [-0.15, -0.1) is 11.3 Å². The van der Waals surface area contributed by atoms with Crippen LogP contribution >= 0.6 is 11.3 Å². The molecule has 7 nitrogen and oxygen atoms in total. The lowest BCUT2D eigenvalue weighted by Crippen LogP contribution is -2.41. The number of carbonyl (C=O) groups is 2. The second kappa shape index (κ2) is 6.86. The summed E-state index contributed by atoms with van der Waals surface area (Å²) in [5.41, 5.74) is 0.0645. The van der Waals surface area contributed by atoms with Crippen LogP contribution in [0.25, 0.3) is 0 Å². The number of hydrogen-bond acceptors (Lipinski definition) is 5. The van der Waals surface area contributed by atoms with Crippen molar-refractivity contribution in [1.29, 1.82) is 0 Å². The van der Waals surface area contributed by atoms with Crippen LogP contribution in [0.2, 0.25) is 0 Å². The zero-order valence-corrected chi connectivity index (χ0v) is 13.0. The van der Waals surface area contributed by atoms with Crippen LogP contribution in [0.4, 0.5) is 4.79 Å². The Kier molecular flexibility index (Phi) is 5.13. The van der Waals surface area contributed by atoms with Crippen LogP contribution in [0.3, 0.4) is 0 Å². The minimum absolute atomic E-state index is 0.0608. The summed E-state index contributed by atoms with van der Waals surface area (Å²) in [5.74, 6) is -1.02. The molecule has 2 N–H and O–H groups in total. The van der Waals surface area contributed by atoms with E-state index in [2.05, 4.69) is 15.2 Å². The Morgan fingerprint density at radius 3 is 2.90 bits per heavy atom. The van der Waals surface area contributed by atoms with E-state index in [1.807, 2.05) is 19.0 Å². The molecule has 0 saturated carbocycles. The summed E-state index contributed by atoms with van der Waals surface area (Å²) in [6, 6.07) is 0.363. The second-order valence-corrected chi connectivity index (χ2v) is 6.21. The predicted octanol–water partition coefficient (Wildman–Crippen LogP) is 0.729. The van der Waals surface area contributed by atoms with Gasteiger partial charge in [0.15, 0.2) is 5.69 Å². The number of hydrogen-bond donors (Lipinski definition) is 2. The molecule has 1 aliphatic heterocycles. The summed E-state index contributed by atoms with van der Waals surface area (Å²) >= 11 is 1.30. The van der Waals surface area contributed by atoms with E-state index in [1.54, 1.807) is 0 Å². The quantitative estimate of drug-likeness (QED) is 0.837. The minimum Gasteiger partial charge on any atom is -0.476 e. The van der Waals surface area contributed by atoms with E-state index >= 15 is 0 Å². The van der Waals surface area contributed by atoms with Gasteiger partial charge >= 0.3 is 12.0 Å². The number of amides is 2. The highest BCUT2D eigenvalue weighted by atomic mass is 32.1. The van der Waals surface area contributed by atoms with Gasteiger partial charge in [0.1, 0.15) is 0 Å².